The molecule has 0 aromatic rings. The number of hydrogen-bond acceptors (Lipinski definition) is 3. The fraction of sp³-hybridized carbons (Fsp3) is 0.917. The van der Waals surface area contributed by atoms with E-state index in [-0.39, 0.29) is 17.5 Å². The third-order valence-electron chi connectivity index (χ3n) is 3.33. The molecule has 4 nitrogen and oxygen atoms in total. The van der Waals surface area contributed by atoms with Gasteiger partial charge in [-0.2, -0.15) is 0 Å². The number of nitrogens with one attached hydrogen (secondary N) is 1. The molecule has 0 bridgehead atoms. The van der Waals surface area contributed by atoms with Gasteiger partial charge in [-0.25, -0.2) is 0 Å². The number of carbonyl (C=O) groups is 1. The van der Waals surface area contributed by atoms with Gasteiger partial charge in [0.25, 0.3) is 0 Å². The van der Waals surface area contributed by atoms with Crippen LogP contribution in [-0.4, -0.2) is 61.0 Å². The average Bonchev–Trinajstić information content (AvgIpc) is 2.23. The van der Waals surface area contributed by atoms with Crippen molar-refractivity contribution in [1.29, 1.82) is 0 Å². The minimum absolute atomic E-state index is 0.0369. The fourth-order valence-electron chi connectivity index (χ4n) is 2.06. The normalized spacial score (nSPS) is 26.0. The Balaban J connectivity index is 2.75. The van der Waals surface area contributed by atoms with Crippen LogP contribution in [0.15, 0.2) is 0 Å². The second kappa shape index (κ2) is 5.15. The van der Waals surface area contributed by atoms with Crippen molar-refractivity contribution in [3.05, 3.63) is 0 Å². The molecule has 1 rings (SSSR count). The first-order valence-electron chi connectivity index (χ1n) is 6.04. The lowest BCUT2D eigenvalue weighted by Crippen LogP contribution is -2.52. The summed E-state index contributed by atoms with van der Waals surface area (Å²) in [7, 11) is 4.08. The molecular weight excluding hydrogens is 202 g/mol. The first kappa shape index (κ1) is 13.5. The first-order valence-corrected chi connectivity index (χ1v) is 6.04. The Morgan fingerprint density at radius 1 is 1.50 bits per heavy atom. The largest absolute Gasteiger partial charge is 0.335 e. The highest BCUT2D eigenvalue weighted by atomic mass is 16.2. The van der Waals surface area contributed by atoms with Crippen LogP contribution in [0.2, 0.25) is 0 Å². The molecule has 1 aliphatic heterocycles. The maximum absolute atomic E-state index is 12.2. The lowest BCUT2D eigenvalue weighted by Gasteiger charge is -2.38. The highest BCUT2D eigenvalue weighted by Gasteiger charge is 2.35. The van der Waals surface area contributed by atoms with Crippen molar-refractivity contribution in [2.75, 3.05) is 33.7 Å². The Labute approximate surface area is 99.0 Å². The fourth-order valence-corrected chi connectivity index (χ4v) is 2.06. The molecular formula is C12H25N3O. The van der Waals surface area contributed by atoms with Crippen molar-refractivity contribution in [1.82, 2.24) is 15.1 Å². The van der Waals surface area contributed by atoms with E-state index in [0.29, 0.717) is 0 Å². The summed E-state index contributed by atoms with van der Waals surface area (Å²) in [6.45, 7) is 8.90. The Bertz CT molecular complexity index is 251. The minimum atomic E-state index is -0.0519. The van der Waals surface area contributed by atoms with Crippen LogP contribution in [0.5, 0.6) is 0 Å². The van der Waals surface area contributed by atoms with E-state index in [9.17, 15) is 4.79 Å². The van der Waals surface area contributed by atoms with Gasteiger partial charge in [-0.05, 0) is 47.8 Å². The third kappa shape index (κ3) is 3.19. The van der Waals surface area contributed by atoms with E-state index in [1.54, 1.807) is 0 Å². The average molecular weight is 227 g/mol. The van der Waals surface area contributed by atoms with Gasteiger partial charge in [0.1, 0.15) is 0 Å². The van der Waals surface area contributed by atoms with Gasteiger partial charge in [0.05, 0.1) is 6.04 Å². The van der Waals surface area contributed by atoms with Gasteiger partial charge >= 0.3 is 0 Å². The zero-order valence-electron chi connectivity index (χ0n) is 11.2. The number of rotatable bonds is 3. The summed E-state index contributed by atoms with van der Waals surface area (Å²) in [5, 5.41) is 3.26. The van der Waals surface area contributed by atoms with Crippen LogP contribution < -0.4 is 5.32 Å². The first-order chi connectivity index (χ1) is 7.34. The van der Waals surface area contributed by atoms with E-state index in [0.717, 1.165) is 26.1 Å². The second-order valence-electron chi connectivity index (χ2n) is 5.53. The van der Waals surface area contributed by atoms with Crippen LogP contribution in [0.25, 0.3) is 0 Å². The van der Waals surface area contributed by atoms with E-state index in [1.165, 1.54) is 0 Å². The summed E-state index contributed by atoms with van der Waals surface area (Å²) in [5.41, 5.74) is -0.0369. The highest BCUT2D eigenvalue weighted by Crippen LogP contribution is 2.21. The van der Waals surface area contributed by atoms with Crippen molar-refractivity contribution in [3.8, 4) is 0 Å². The molecule has 4 heteroatoms. The predicted molar refractivity (Wildman–Crippen MR) is 66.4 cm³/mol. The molecule has 1 heterocycles. The zero-order chi connectivity index (χ0) is 12.3. The van der Waals surface area contributed by atoms with Crippen LogP contribution in [-0.2, 0) is 4.79 Å². The molecule has 16 heavy (non-hydrogen) atoms. The molecule has 1 unspecified atom stereocenters. The SMILES string of the molecule is CC1NCCC(C)(C)N(CCN(C)C)C1=O. The summed E-state index contributed by atoms with van der Waals surface area (Å²) < 4.78 is 0. The summed E-state index contributed by atoms with van der Waals surface area (Å²) in [6.07, 6.45) is 1.01. The van der Waals surface area contributed by atoms with Crippen molar-refractivity contribution in [2.45, 2.75) is 38.8 Å². The molecule has 1 amide bonds. The number of carbonyl (C=O) groups excluding carboxylic acids is 1. The number of amides is 1. The highest BCUT2D eigenvalue weighted by molar-refractivity contribution is 5.82. The summed E-state index contributed by atoms with van der Waals surface area (Å²) in [5.74, 6) is 0.226. The van der Waals surface area contributed by atoms with Crippen molar-refractivity contribution in [3.63, 3.8) is 0 Å². The van der Waals surface area contributed by atoms with Gasteiger partial charge in [0.15, 0.2) is 0 Å². The van der Waals surface area contributed by atoms with Gasteiger partial charge in [0, 0.05) is 18.6 Å². The molecule has 94 valence electrons. The van der Waals surface area contributed by atoms with Gasteiger partial charge in [-0.15, -0.1) is 0 Å². The number of nitrogens with zero attached hydrogens (tertiary/aromatic N) is 2. The van der Waals surface area contributed by atoms with Gasteiger partial charge in [-0.1, -0.05) is 0 Å². The van der Waals surface area contributed by atoms with Crippen LogP contribution in [0.3, 0.4) is 0 Å². The zero-order valence-corrected chi connectivity index (χ0v) is 11.2. The summed E-state index contributed by atoms with van der Waals surface area (Å²) in [6, 6.07) is -0.0519. The van der Waals surface area contributed by atoms with E-state index < -0.39 is 0 Å². The second-order valence-corrected chi connectivity index (χ2v) is 5.53. The quantitative estimate of drug-likeness (QED) is 0.764. The molecule has 0 radical (unpaired) electrons. The lowest BCUT2D eigenvalue weighted by atomic mass is 9.98. The molecule has 0 saturated carbocycles. The standard InChI is InChI=1S/C12H25N3O/c1-10-11(16)15(9-8-14(4)5)12(2,3)6-7-13-10/h10,13H,6-9H2,1-5H3. The molecule has 1 atom stereocenters. The summed E-state index contributed by atoms with van der Waals surface area (Å²) >= 11 is 0. The topological polar surface area (TPSA) is 35.6 Å². The Kier molecular flexibility index (Phi) is 4.33. The molecule has 0 aromatic heterocycles. The molecule has 1 N–H and O–H groups in total. The molecule has 0 aliphatic carbocycles. The Hall–Kier alpha value is -0.610. The monoisotopic (exact) mass is 227 g/mol. The van der Waals surface area contributed by atoms with Gasteiger partial charge < -0.3 is 15.1 Å². The van der Waals surface area contributed by atoms with E-state index in [1.807, 2.05) is 25.9 Å². The molecule has 1 saturated heterocycles. The van der Waals surface area contributed by atoms with Crippen LogP contribution in [0.4, 0.5) is 0 Å². The molecule has 1 fully saturated rings. The molecule has 0 spiro atoms. The van der Waals surface area contributed by atoms with Crippen molar-refractivity contribution in [2.24, 2.45) is 0 Å². The third-order valence-corrected chi connectivity index (χ3v) is 3.33. The Morgan fingerprint density at radius 3 is 2.69 bits per heavy atom. The van der Waals surface area contributed by atoms with Crippen molar-refractivity contribution < 1.29 is 4.79 Å². The minimum Gasteiger partial charge on any atom is -0.335 e. The van der Waals surface area contributed by atoms with Gasteiger partial charge in [-0.3, -0.25) is 4.79 Å². The Morgan fingerprint density at radius 2 is 2.12 bits per heavy atom. The van der Waals surface area contributed by atoms with Gasteiger partial charge in [0.2, 0.25) is 5.91 Å². The maximum atomic E-state index is 12.2. The van der Waals surface area contributed by atoms with Crippen LogP contribution >= 0.6 is 0 Å². The lowest BCUT2D eigenvalue weighted by molar-refractivity contribution is -0.137. The van der Waals surface area contributed by atoms with E-state index >= 15 is 0 Å². The maximum Gasteiger partial charge on any atom is 0.239 e. The number of likely N-dealkylation sites (N-methyl/N-ethyl adjacent to an activating group) is 1. The van der Waals surface area contributed by atoms with Crippen LogP contribution in [0, 0.1) is 0 Å². The molecule has 0 aromatic carbocycles. The van der Waals surface area contributed by atoms with E-state index in [4.69, 9.17) is 0 Å². The number of hydrogen-bond donors (Lipinski definition) is 1. The van der Waals surface area contributed by atoms with Crippen molar-refractivity contribution >= 4 is 5.91 Å². The predicted octanol–water partition coefficient (Wildman–Crippen LogP) is 0.537. The van der Waals surface area contributed by atoms with E-state index in [2.05, 4.69) is 24.1 Å². The summed E-state index contributed by atoms with van der Waals surface area (Å²) in [4.78, 5) is 16.4. The van der Waals surface area contributed by atoms with Crippen LogP contribution in [0.1, 0.15) is 27.2 Å². The molecule has 1 aliphatic rings. The smallest absolute Gasteiger partial charge is 0.239 e.